The number of hydrogen-bond acceptors (Lipinski definition) is 3. The van der Waals surface area contributed by atoms with Crippen molar-refractivity contribution in [2.24, 2.45) is 7.05 Å². The molecule has 0 aliphatic carbocycles. The maximum atomic E-state index is 11.9. The third-order valence-electron chi connectivity index (χ3n) is 2.56. The molecule has 1 heterocycles. The summed E-state index contributed by atoms with van der Waals surface area (Å²) >= 11 is 3.22. The first-order valence-corrected chi connectivity index (χ1v) is 6.11. The third-order valence-corrected chi connectivity index (χ3v) is 3.05. The van der Waals surface area contributed by atoms with Crippen molar-refractivity contribution in [3.05, 3.63) is 46.2 Å². The number of amides is 1. The van der Waals surface area contributed by atoms with Crippen LogP contribution in [0.3, 0.4) is 0 Å². The summed E-state index contributed by atoms with van der Waals surface area (Å²) in [4.78, 5) is 11.9. The minimum Gasteiger partial charge on any atom is -0.507 e. The van der Waals surface area contributed by atoms with Crippen LogP contribution in [0.5, 0.6) is 5.75 Å². The number of rotatable bonds is 3. The predicted octanol–water partition coefficient (Wildman–Crippen LogP) is 1.82. The van der Waals surface area contributed by atoms with Gasteiger partial charge in [0.05, 0.1) is 17.8 Å². The minimum atomic E-state index is -0.318. The lowest BCUT2D eigenvalue weighted by atomic mass is 10.2. The standard InChI is InChI=1S/C12H12BrN3O2/c1-16-9(4-5-15-16)7-14-12(18)10-3-2-8(13)6-11(10)17/h2-6,17H,7H2,1H3,(H,14,18). The van der Waals surface area contributed by atoms with Crippen molar-refractivity contribution in [2.75, 3.05) is 0 Å². The molecule has 0 saturated heterocycles. The van der Waals surface area contributed by atoms with Crippen LogP contribution in [0, 0.1) is 0 Å². The highest BCUT2D eigenvalue weighted by atomic mass is 79.9. The number of carbonyl (C=O) groups is 1. The van der Waals surface area contributed by atoms with Gasteiger partial charge < -0.3 is 10.4 Å². The monoisotopic (exact) mass is 309 g/mol. The Morgan fingerprint density at radius 1 is 1.50 bits per heavy atom. The molecule has 0 radical (unpaired) electrons. The zero-order valence-electron chi connectivity index (χ0n) is 9.72. The SMILES string of the molecule is Cn1nccc1CNC(=O)c1ccc(Br)cc1O. The normalized spacial score (nSPS) is 10.3. The zero-order valence-corrected chi connectivity index (χ0v) is 11.3. The maximum absolute atomic E-state index is 11.9. The average Bonchev–Trinajstić information content (AvgIpc) is 2.72. The molecule has 2 aromatic rings. The summed E-state index contributed by atoms with van der Waals surface area (Å²) in [6.45, 7) is 0.366. The van der Waals surface area contributed by atoms with Gasteiger partial charge in [0.25, 0.3) is 5.91 Å². The molecule has 0 saturated carbocycles. The van der Waals surface area contributed by atoms with Gasteiger partial charge in [-0.05, 0) is 24.3 Å². The largest absolute Gasteiger partial charge is 0.507 e. The van der Waals surface area contributed by atoms with Gasteiger partial charge in [0.1, 0.15) is 5.75 Å². The molecule has 94 valence electrons. The number of benzene rings is 1. The van der Waals surface area contributed by atoms with Crippen molar-refractivity contribution in [3.63, 3.8) is 0 Å². The highest BCUT2D eigenvalue weighted by Crippen LogP contribution is 2.22. The number of aromatic hydroxyl groups is 1. The number of halogens is 1. The van der Waals surface area contributed by atoms with Crippen LogP contribution in [0.1, 0.15) is 16.1 Å². The molecule has 0 aliphatic rings. The lowest BCUT2D eigenvalue weighted by Crippen LogP contribution is -2.24. The van der Waals surface area contributed by atoms with Gasteiger partial charge in [0.2, 0.25) is 0 Å². The second kappa shape index (κ2) is 5.22. The van der Waals surface area contributed by atoms with Crippen LogP contribution < -0.4 is 5.32 Å². The van der Waals surface area contributed by atoms with Crippen LogP contribution in [0.25, 0.3) is 0 Å². The average molecular weight is 310 g/mol. The van der Waals surface area contributed by atoms with Crippen molar-refractivity contribution in [3.8, 4) is 5.75 Å². The molecular formula is C12H12BrN3O2. The molecule has 1 aromatic heterocycles. The van der Waals surface area contributed by atoms with Gasteiger partial charge in [0.15, 0.2) is 0 Å². The van der Waals surface area contributed by atoms with Crippen molar-refractivity contribution in [1.82, 2.24) is 15.1 Å². The van der Waals surface area contributed by atoms with E-state index in [2.05, 4.69) is 26.3 Å². The van der Waals surface area contributed by atoms with E-state index < -0.39 is 0 Å². The van der Waals surface area contributed by atoms with Gasteiger partial charge in [0, 0.05) is 17.7 Å². The van der Waals surface area contributed by atoms with Crippen LogP contribution in [0.15, 0.2) is 34.9 Å². The van der Waals surface area contributed by atoms with E-state index in [0.29, 0.717) is 6.54 Å². The molecule has 2 N–H and O–H groups in total. The molecule has 0 unspecified atom stereocenters. The fourth-order valence-electron chi connectivity index (χ4n) is 1.54. The van der Waals surface area contributed by atoms with Gasteiger partial charge in [-0.15, -0.1) is 0 Å². The molecule has 0 aliphatic heterocycles. The van der Waals surface area contributed by atoms with Crippen LogP contribution in [0.2, 0.25) is 0 Å². The number of aryl methyl sites for hydroxylation is 1. The molecule has 2 rings (SSSR count). The highest BCUT2D eigenvalue weighted by Gasteiger charge is 2.11. The summed E-state index contributed by atoms with van der Waals surface area (Å²) in [6.07, 6.45) is 1.67. The quantitative estimate of drug-likeness (QED) is 0.909. The summed E-state index contributed by atoms with van der Waals surface area (Å²) in [6, 6.07) is 6.58. The highest BCUT2D eigenvalue weighted by molar-refractivity contribution is 9.10. The number of phenolic OH excluding ortho intramolecular Hbond substituents is 1. The Labute approximate surface area is 113 Å². The molecule has 0 spiro atoms. The fraction of sp³-hybridized carbons (Fsp3) is 0.167. The van der Waals surface area contributed by atoms with Gasteiger partial charge in [-0.3, -0.25) is 9.48 Å². The topological polar surface area (TPSA) is 67.2 Å². The Bertz CT molecular complexity index is 580. The number of aromatic nitrogens is 2. The van der Waals surface area contributed by atoms with E-state index >= 15 is 0 Å². The first-order chi connectivity index (χ1) is 8.58. The lowest BCUT2D eigenvalue weighted by Gasteiger charge is -2.07. The lowest BCUT2D eigenvalue weighted by molar-refractivity contribution is 0.0947. The summed E-state index contributed by atoms with van der Waals surface area (Å²) in [5.41, 5.74) is 1.14. The number of nitrogens with one attached hydrogen (secondary N) is 1. The van der Waals surface area contributed by atoms with E-state index in [1.165, 1.54) is 6.07 Å². The Kier molecular flexibility index (Phi) is 3.66. The first kappa shape index (κ1) is 12.6. The number of carbonyl (C=O) groups excluding carboxylic acids is 1. The molecule has 0 bridgehead atoms. The van der Waals surface area contributed by atoms with E-state index in [-0.39, 0.29) is 17.2 Å². The molecule has 0 fully saturated rings. The van der Waals surface area contributed by atoms with E-state index in [0.717, 1.165) is 10.2 Å². The van der Waals surface area contributed by atoms with Crippen LogP contribution >= 0.6 is 15.9 Å². The molecular weight excluding hydrogens is 298 g/mol. The smallest absolute Gasteiger partial charge is 0.255 e. The van der Waals surface area contributed by atoms with Gasteiger partial charge in [-0.25, -0.2) is 0 Å². The number of nitrogens with zero attached hydrogens (tertiary/aromatic N) is 2. The Morgan fingerprint density at radius 3 is 2.89 bits per heavy atom. The Hall–Kier alpha value is -1.82. The fourth-order valence-corrected chi connectivity index (χ4v) is 1.89. The molecule has 6 heteroatoms. The van der Waals surface area contributed by atoms with Crippen molar-refractivity contribution >= 4 is 21.8 Å². The predicted molar refractivity (Wildman–Crippen MR) is 70.2 cm³/mol. The minimum absolute atomic E-state index is 0.0492. The molecule has 1 amide bonds. The van der Waals surface area contributed by atoms with E-state index in [4.69, 9.17) is 0 Å². The molecule has 0 atom stereocenters. The van der Waals surface area contributed by atoms with Crippen LogP contribution in [-0.2, 0) is 13.6 Å². The van der Waals surface area contributed by atoms with Crippen molar-refractivity contribution in [1.29, 1.82) is 0 Å². The number of hydrogen-bond donors (Lipinski definition) is 2. The summed E-state index contributed by atoms with van der Waals surface area (Å²) in [7, 11) is 1.80. The Morgan fingerprint density at radius 2 is 2.28 bits per heavy atom. The number of phenols is 1. The van der Waals surface area contributed by atoms with Crippen LogP contribution in [0.4, 0.5) is 0 Å². The second-order valence-electron chi connectivity index (χ2n) is 3.79. The molecule has 1 aromatic carbocycles. The van der Waals surface area contributed by atoms with Gasteiger partial charge in [-0.2, -0.15) is 5.10 Å². The maximum Gasteiger partial charge on any atom is 0.255 e. The van der Waals surface area contributed by atoms with Crippen molar-refractivity contribution in [2.45, 2.75) is 6.54 Å². The van der Waals surface area contributed by atoms with Crippen molar-refractivity contribution < 1.29 is 9.90 Å². The summed E-state index contributed by atoms with van der Waals surface area (Å²) in [5, 5.41) is 16.4. The van der Waals surface area contributed by atoms with Gasteiger partial charge >= 0.3 is 0 Å². The molecule has 5 nitrogen and oxygen atoms in total. The van der Waals surface area contributed by atoms with E-state index in [9.17, 15) is 9.90 Å². The van der Waals surface area contributed by atoms with E-state index in [1.807, 2.05) is 6.07 Å². The Balaban J connectivity index is 2.06. The van der Waals surface area contributed by atoms with Gasteiger partial charge in [-0.1, -0.05) is 15.9 Å². The zero-order chi connectivity index (χ0) is 13.1. The summed E-state index contributed by atoms with van der Waals surface area (Å²) < 4.78 is 2.41. The molecule has 18 heavy (non-hydrogen) atoms. The van der Waals surface area contributed by atoms with E-state index in [1.54, 1.807) is 30.1 Å². The summed E-state index contributed by atoms with van der Waals surface area (Å²) in [5.74, 6) is -0.368. The second-order valence-corrected chi connectivity index (χ2v) is 4.71. The van der Waals surface area contributed by atoms with Crippen LogP contribution in [-0.4, -0.2) is 20.8 Å². The third kappa shape index (κ3) is 2.70. The first-order valence-electron chi connectivity index (χ1n) is 5.31.